The van der Waals surface area contributed by atoms with Crippen molar-refractivity contribution in [2.24, 2.45) is 5.92 Å². The first-order chi connectivity index (χ1) is 12.7. The van der Waals surface area contributed by atoms with E-state index in [0.717, 1.165) is 37.8 Å². The fourth-order valence-electron chi connectivity index (χ4n) is 4.11. The lowest BCUT2D eigenvalue weighted by atomic mass is 10.0. The average molecular weight is 357 g/mol. The van der Waals surface area contributed by atoms with E-state index in [9.17, 15) is 9.59 Å². The SMILES string of the molecule is O=C(CCC(=O)N1CCN2[C@@H](COC[C@@H]2C2CC2)C1)Nc1ccccc1. The van der Waals surface area contributed by atoms with Crippen molar-refractivity contribution in [3.63, 3.8) is 0 Å². The molecule has 4 rings (SSSR count). The number of benzene rings is 1. The smallest absolute Gasteiger partial charge is 0.224 e. The molecule has 26 heavy (non-hydrogen) atoms. The summed E-state index contributed by atoms with van der Waals surface area (Å²) in [6, 6.07) is 10.2. The number of hydrogen-bond donors (Lipinski definition) is 1. The maximum Gasteiger partial charge on any atom is 0.224 e. The van der Waals surface area contributed by atoms with Crippen LogP contribution in [0.15, 0.2) is 30.3 Å². The first-order valence-corrected chi connectivity index (χ1v) is 9.67. The number of carbonyl (C=O) groups is 2. The largest absolute Gasteiger partial charge is 0.378 e. The number of fused-ring (bicyclic) bond motifs is 1. The maximum atomic E-state index is 12.5. The summed E-state index contributed by atoms with van der Waals surface area (Å²) in [5.74, 6) is 0.751. The molecule has 2 saturated heterocycles. The van der Waals surface area contributed by atoms with Gasteiger partial charge in [0.25, 0.3) is 0 Å². The Balaban J connectivity index is 1.24. The Morgan fingerprint density at radius 1 is 1.08 bits per heavy atom. The number of morpholine rings is 1. The standard InChI is InChI=1S/C20H27N3O3/c24-19(21-16-4-2-1-3-5-16)8-9-20(25)22-10-11-23-17(12-22)13-26-14-18(23)15-6-7-15/h1-5,15,17-18H,6-14H2,(H,21,24)/t17-,18-/m1/s1. The van der Waals surface area contributed by atoms with Gasteiger partial charge in [-0.2, -0.15) is 0 Å². The lowest BCUT2D eigenvalue weighted by Crippen LogP contribution is -2.63. The second-order valence-electron chi connectivity index (χ2n) is 7.59. The number of hydrogen-bond acceptors (Lipinski definition) is 4. The molecule has 6 heteroatoms. The minimum atomic E-state index is -0.113. The van der Waals surface area contributed by atoms with Gasteiger partial charge in [0.15, 0.2) is 0 Å². The molecule has 0 aromatic heterocycles. The van der Waals surface area contributed by atoms with Crippen LogP contribution >= 0.6 is 0 Å². The Hall–Kier alpha value is -1.92. The molecule has 2 aliphatic heterocycles. The van der Waals surface area contributed by atoms with Crippen molar-refractivity contribution in [3.8, 4) is 0 Å². The normalized spacial score (nSPS) is 26.2. The van der Waals surface area contributed by atoms with Crippen molar-refractivity contribution in [2.75, 3.05) is 38.2 Å². The van der Waals surface area contributed by atoms with Crippen molar-refractivity contribution in [3.05, 3.63) is 30.3 Å². The Kier molecular flexibility index (Phi) is 5.22. The van der Waals surface area contributed by atoms with Gasteiger partial charge in [-0.3, -0.25) is 14.5 Å². The van der Waals surface area contributed by atoms with Crippen LogP contribution in [0.3, 0.4) is 0 Å². The number of para-hydroxylation sites is 1. The number of piperazine rings is 1. The molecule has 1 aromatic carbocycles. The third-order valence-corrected chi connectivity index (χ3v) is 5.70. The van der Waals surface area contributed by atoms with Gasteiger partial charge >= 0.3 is 0 Å². The van der Waals surface area contributed by atoms with Crippen LogP contribution in [0.2, 0.25) is 0 Å². The predicted molar refractivity (Wildman–Crippen MR) is 98.7 cm³/mol. The Morgan fingerprint density at radius 3 is 2.65 bits per heavy atom. The third-order valence-electron chi connectivity index (χ3n) is 5.70. The molecular formula is C20H27N3O3. The lowest BCUT2D eigenvalue weighted by Gasteiger charge is -2.48. The van der Waals surface area contributed by atoms with E-state index in [1.165, 1.54) is 12.8 Å². The van der Waals surface area contributed by atoms with Crippen LogP contribution in [0.5, 0.6) is 0 Å². The molecule has 1 aliphatic carbocycles. The summed E-state index contributed by atoms with van der Waals surface area (Å²) in [5, 5.41) is 2.83. The van der Waals surface area contributed by atoms with E-state index in [-0.39, 0.29) is 24.7 Å². The molecule has 140 valence electrons. The van der Waals surface area contributed by atoms with E-state index in [1.54, 1.807) is 0 Å². The zero-order valence-electron chi connectivity index (χ0n) is 15.1. The van der Waals surface area contributed by atoms with E-state index in [0.29, 0.717) is 18.7 Å². The summed E-state index contributed by atoms with van der Waals surface area (Å²) in [4.78, 5) is 29.1. The summed E-state index contributed by atoms with van der Waals surface area (Å²) < 4.78 is 5.80. The summed E-state index contributed by atoms with van der Waals surface area (Å²) in [6.07, 6.45) is 3.12. The molecule has 0 bridgehead atoms. The highest BCUT2D eigenvalue weighted by Gasteiger charge is 2.43. The highest BCUT2D eigenvalue weighted by molar-refractivity contribution is 5.93. The molecule has 1 saturated carbocycles. The molecule has 0 radical (unpaired) electrons. The van der Waals surface area contributed by atoms with E-state index >= 15 is 0 Å². The van der Waals surface area contributed by atoms with Gasteiger partial charge in [-0.15, -0.1) is 0 Å². The zero-order valence-corrected chi connectivity index (χ0v) is 15.1. The highest BCUT2D eigenvalue weighted by atomic mass is 16.5. The Bertz CT molecular complexity index is 647. The van der Waals surface area contributed by atoms with Crippen molar-refractivity contribution >= 4 is 17.5 Å². The van der Waals surface area contributed by atoms with Gasteiger partial charge in [0.1, 0.15) is 0 Å². The Labute approximate surface area is 154 Å². The van der Waals surface area contributed by atoms with Crippen molar-refractivity contribution in [1.29, 1.82) is 0 Å². The molecule has 2 amide bonds. The average Bonchev–Trinajstić information content (AvgIpc) is 3.51. The van der Waals surface area contributed by atoms with E-state index in [2.05, 4.69) is 10.2 Å². The van der Waals surface area contributed by atoms with Gasteiger partial charge in [0.05, 0.1) is 19.3 Å². The summed E-state index contributed by atoms with van der Waals surface area (Å²) in [7, 11) is 0. The molecule has 2 atom stereocenters. The second kappa shape index (κ2) is 7.76. The minimum absolute atomic E-state index is 0.0707. The van der Waals surface area contributed by atoms with Crippen LogP contribution in [0.1, 0.15) is 25.7 Å². The number of nitrogens with one attached hydrogen (secondary N) is 1. The highest BCUT2D eigenvalue weighted by Crippen LogP contribution is 2.38. The lowest BCUT2D eigenvalue weighted by molar-refractivity contribution is -0.141. The summed E-state index contributed by atoms with van der Waals surface area (Å²) in [6.45, 7) is 3.97. The van der Waals surface area contributed by atoms with Crippen LogP contribution in [0.25, 0.3) is 0 Å². The molecular weight excluding hydrogens is 330 g/mol. The number of amides is 2. The van der Waals surface area contributed by atoms with Crippen molar-refractivity contribution in [2.45, 2.75) is 37.8 Å². The number of ether oxygens (including phenoxy) is 1. The molecule has 1 aromatic rings. The molecule has 2 heterocycles. The van der Waals surface area contributed by atoms with Gasteiger partial charge in [-0.25, -0.2) is 0 Å². The summed E-state index contributed by atoms with van der Waals surface area (Å²) in [5.41, 5.74) is 0.768. The number of anilines is 1. The van der Waals surface area contributed by atoms with Crippen LogP contribution < -0.4 is 5.32 Å². The first-order valence-electron chi connectivity index (χ1n) is 9.67. The van der Waals surface area contributed by atoms with E-state index < -0.39 is 0 Å². The maximum absolute atomic E-state index is 12.5. The van der Waals surface area contributed by atoms with Crippen LogP contribution in [0, 0.1) is 5.92 Å². The summed E-state index contributed by atoms with van der Waals surface area (Å²) >= 11 is 0. The van der Waals surface area contributed by atoms with Gasteiger partial charge in [-0.1, -0.05) is 18.2 Å². The van der Waals surface area contributed by atoms with Gasteiger partial charge in [-0.05, 0) is 30.9 Å². The van der Waals surface area contributed by atoms with Gasteiger partial charge in [0.2, 0.25) is 11.8 Å². The first kappa shape index (κ1) is 17.5. The van der Waals surface area contributed by atoms with Crippen molar-refractivity contribution in [1.82, 2.24) is 9.80 Å². The van der Waals surface area contributed by atoms with Crippen LogP contribution in [-0.4, -0.2) is 66.5 Å². The molecule has 1 N–H and O–H groups in total. The number of nitrogens with zero attached hydrogens (tertiary/aromatic N) is 2. The number of carbonyl (C=O) groups excluding carboxylic acids is 2. The van der Waals surface area contributed by atoms with E-state index in [4.69, 9.17) is 4.74 Å². The van der Waals surface area contributed by atoms with E-state index in [1.807, 2.05) is 35.2 Å². The molecule has 0 unspecified atom stereocenters. The molecule has 3 fully saturated rings. The molecule has 0 spiro atoms. The quantitative estimate of drug-likeness (QED) is 0.872. The minimum Gasteiger partial charge on any atom is -0.378 e. The fraction of sp³-hybridized carbons (Fsp3) is 0.600. The zero-order chi connectivity index (χ0) is 17.9. The third kappa shape index (κ3) is 4.07. The molecule has 6 nitrogen and oxygen atoms in total. The van der Waals surface area contributed by atoms with Gasteiger partial charge < -0.3 is 15.0 Å². The van der Waals surface area contributed by atoms with Crippen molar-refractivity contribution < 1.29 is 14.3 Å². The molecule has 3 aliphatic rings. The monoisotopic (exact) mass is 357 g/mol. The Morgan fingerprint density at radius 2 is 1.88 bits per heavy atom. The predicted octanol–water partition coefficient (Wildman–Crippen LogP) is 1.73. The fourth-order valence-corrected chi connectivity index (χ4v) is 4.11. The van der Waals surface area contributed by atoms with Crippen LogP contribution in [-0.2, 0) is 14.3 Å². The number of rotatable bonds is 5. The van der Waals surface area contributed by atoms with Crippen LogP contribution in [0.4, 0.5) is 5.69 Å². The van der Waals surface area contributed by atoms with Gasteiger partial charge in [0, 0.05) is 44.2 Å². The topological polar surface area (TPSA) is 61.9 Å². The second-order valence-corrected chi connectivity index (χ2v) is 7.59.